The van der Waals surface area contributed by atoms with Crippen LogP contribution in [0.3, 0.4) is 0 Å². The summed E-state index contributed by atoms with van der Waals surface area (Å²) in [6, 6.07) is 21.9. The summed E-state index contributed by atoms with van der Waals surface area (Å²) in [4.78, 5) is 16.5. The highest BCUT2D eigenvalue weighted by atomic mass is 31.2. The van der Waals surface area contributed by atoms with Crippen LogP contribution in [0.15, 0.2) is 89.2 Å². The SMILES string of the molecule is CCOP(=O)(/C=C/c1cn(-c2ccccc2)nc1OCc1ccc(OCc2nc(-c3cccc(C(=O)OC)c3)oc2C)c(OC)c1)OCC. The number of benzene rings is 3. The van der Waals surface area contributed by atoms with E-state index in [1.807, 2.05) is 42.5 Å². The van der Waals surface area contributed by atoms with Crippen molar-refractivity contribution in [1.82, 2.24) is 14.8 Å². The van der Waals surface area contributed by atoms with Crippen molar-refractivity contribution in [2.24, 2.45) is 0 Å². The van der Waals surface area contributed by atoms with Crippen molar-refractivity contribution in [3.63, 3.8) is 0 Å². The summed E-state index contributed by atoms with van der Waals surface area (Å²) in [6.07, 6.45) is 3.42. The number of nitrogens with zero attached hydrogens (tertiary/aromatic N) is 3. The predicted octanol–water partition coefficient (Wildman–Crippen LogP) is 8.03. The lowest BCUT2D eigenvalue weighted by atomic mass is 10.1. The number of carbonyl (C=O) groups excluding carboxylic acids is 1. The Balaban J connectivity index is 1.30. The van der Waals surface area contributed by atoms with Crippen molar-refractivity contribution < 1.29 is 41.8 Å². The van der Waals surface area contributed by atoms with Crippen LogP contribution in [0.1, 0.15) is 46.8 Å². The predicted molar refractivity (Wildman–Crippen MR) is 183 cm³/mol. The molecule has 0 atom stereocenters. The normalized spacial score (nSPS) is 11.5. The summed E-state index contributed by atoms with van der Waals surface area (Å²) in [5, 5.41) is 4.64. The molecule has 0 spiro atoms. The highest BCUT2D eigenvalue weighted by Crippen LogP contribution is 2.50. The Morgan fingerprint density at radius 1 is 0.918 bits per heavy atom. The lowest BCUT2D eigenvalue weighted by molar-refractivity contribution is 0.0600. The number of hydrogen-bond donors (Lipinski definition) is 0. The van der Waals surface area contributed by atoms with Crippen LogP contribution in [-0.4, -0.2) is 48.2 Å². The molecule has 2 heterocycles. The average molecular weight is 688 g/mol. The summed E-state index contributed by atoms with van der Waals surface area (Å²) < 4.78 is 54.1. The number of methoxy groups -OCH3 is 2. The summed E-state index contributed by atoms with van der Waals surface area (Å²) >= 11 is 0. The Morgan fingerprint density at radius 3 is 2.41 bits per heavy atom. The number of ether oxygens (including phenoxy) is 4. The lowest BCUT2D eigenvalue weighted by Gasteiger charge is -2.13. The maximum atomic E-state index is 13.1. The molecule has 0 aliphatic rings. The first-order valence-electron chi connectivity index (χ1n) is 15.6. The average Bonchev–Trinajstić information content (AvgIpc) is 3.72. The van der Waals surface area contributed by atoms with Crippen LogP contribution >= 0.6 is 7.60 Å². The second-order valence-electron chi connectivity index (χ2n) is 10.5. The highest BCUT2D eigenvalue weighted by molar-refractivity contribution is 7.57. The molecular formula is C36H38N3O9P. The molecule has 0 fully saturated rings. The number of aryl methyl sites for hydroxylation is 1. The Kier molecular flexibility index (Phi) is 11.7. The topological polar surface area (TPSA) is 133 Å². The van der Waals surface area contributed by atoms with E-state index in [1.54, 1.807) is 75.2 Å². The van der Waals surface area contributed by atoms with Crippen LogP contribution in [0.25, 0.3) is 23.2 Å². The molecule has 0 bridgehead atoms. The number of para-hydroxylation sites is 1. The van der Waals surface area contributed by atoms with Crippen molar-refractivity contribution in [2.75, 3.05) is 27.4 Å². The number of hydrogen-bond acceptors (Lipinski definition) is 11. The smallest absolute Gasteiger partial charge is 0.354 e. The maximum absolute atomic E-state index is 13.1. The van der Waals surface area contributed by atoms with Crippen LogP contribution in [0.5, 0.6) is 17.4 Å². The Morgan fingerprint density at radius 2 is 1.69 bits per heavy atom. The monoisotopic (exact) mass is 687 g/mol. The van der Waals surface area contributed by atoms with Gasteiger partial charge in [0, 0.05) is 17.6 Å². The molecule has 5 aromatic rings. The van der Waals surface area contributed by atoms with Crippen molar-refractivity contribution in [3.05, 3.63) is 113 Å². The van der Waals surface area contributed by atoms with Gasteiger partial charge in [-0.15, -0.1) is 5.10 Å². The fourth-order valence-corrected chi connectivity index (χ4v) is 6.08. The van der Waals surface area contributed by atoms with Crippen LogP contribution in [0.2, 0.25) is 0 Å². The van der Waals surface area contributed by atoms with Crippen LogP contribution in [0.4, 0.5) is 0 Å². The van der Waals surface area contributed by atoms with E-state index < -0.39 is 13.6 Å². The molecule has 0 aliphatic carbocycles. The Labute approximate surface area is 284 Å². The molecule has 2 aromatic heterocycles. The summed E-state index contributed by atoms with van der Waals surface area (Å²) in [5.74, 6) is 3.26. The highest BCUT2D eigenvalue weighted by Gasteiger charge is 2.21. The third-order valence-corrected chi connectivity index (χ3v) is 8.92. The van der Waals surface area contributed by atoms with Gasteiger partial charge >= 0.3 is 13.6 Å². The van der Waals surface area contributed by atoms with Gasteiger partial charge in [0.15, 0.2) is 11.5 Å². The quantitative estimate of drug-likeness (QED) is 0.0737. The fourth-order valence-electron chi connectivity index (χ4n) is 4.77. The van der Waals surface area contributed by atoms with E-state index in [0.717, 1.165) is 11.3 Å². The summed E-state index contributed by atoms with van der Waals surface area (Å²) in [5.41, 5.74) is 3.86. The third kappa shape index (κ3) is 8.85. The zero-order valence-corrected chi connectivity index (χ0v) is 28.8. The molecule has 3 aromatic carbocycles. The zero-order chi connectivity index (χ0) is 34.8. The van der Waals surface area contributed by atoms with Gasteiger partial charge in [0.1, 0.15) is 24.7 Å². The molecule has 0 N–H and O–H groups in total. The zero-order valence-electron chi connectivity index (χ0n) is 28.0. The standard InChI is InChI=1S/C36H38N3O9P/c1-6-46-49(41,47-7-2)19-18-29-22-39(30-14-9-8-10-15-30)38-35(29)45-23-26-16-17-32(33(20-26)42-4)44-24-31-25(3)48-34(37-31)27-12-11-13-28(21-27)36(40)43-5/h8-22H,6-7,23-24H2,1-5H3/b19-18+. The van der Waals surface area contributed by atoms with Crippen molar-refractivity contribution in [3.8, 4) is 34.5 Å². The van der Waals surface area contributed by atoms with E-state index in [-0.39, 0.29) is 26.4 Å². The first-order chi connectivity index (χ1) is 23.7. The minimum Gasteiger partial charge on any atom is -0.493 e. The Bertz CT molecular complexity index is 1940. The van der Waals surface area contributed by atoms with Gasteiger partial charge < -0.3 is 32.4 Å². The molecule has 0 radical (unpaired) electrons. The molecule has 5 rings (SSSR count). The number of carbonyl (C=O) groups is 1. The minimum atomic E-state index is -3.45. The lowest BCUT2D eigenvalue weighted by Crippen LogP contribution is -2.02. The number of rotatable bonds is 16. The van der Waals surface area contributed by atoms with Gasteiger partial charge in [0.05, 0.1) is 44.2 Å². The largest absolute Gasteiger partial charge is 0.493 e. The van der Waals surface area contributed by atoms with Crippen LogP contribution in [0, 0.1) is 6.92 Å². The molecule has 0 aliphatic heterocycles. The van der Waals surface area contributed by atoms with Gasteiger partial charge in [0.25, 0.3) is 0 Å². The first kappa shape index (κ1) is 35.2. The molecule has 0 unspecified atom stereocenters. The molecule has 49 heavy (non-hydrogen) atoms. The number of esters is 1. The van der Waals surface area contributed by atoms with Gasteiger partial charge in [-0.25, -0.2) is 14.5 Å². The molecule has 0 amide bonds. The fraction of sp³-hybridized carbons (Fsp3) is 0.250. The van der Waals surface area contributed by atoms with Gasteiger partial charge in [-0.1, -0.05) is 30.3 Å². The van der Waals surface area contributed by atoms with E-state index in [4.69, 9.17) is 32.4 Å². The number of aromatic nitrogens is 3. The van der Waals surface area contributed by atoms with Crippen LogP contribution < -0.4 is 14.2 Å². The molecular weight excluding hydrogens is 649 g/mol. The minimum absolute atomic E-state index is 0.123. The Hall–Kier alpha value is -5.16. The first-order valence-corrected chi connectivity index (χ1v) is 17.2. The second kappa shape index (κ2) is 16.3. The molecule has 0 saturated heterocycles. The van der Waals surface area contributed by atoms with E-state index in [1.165, 1.54) is 12.9 Å². The van der Waals surface area contributed by atoms with E-state index in [2.05, 4.69) is 10.1 Å². The van der Waals surface area contributed by atoms with Gasteiger partial charge in [-0.05, 0) is 74.9 Å². The van der Waals surface area contributed by atoms with Gasteiger partial charge in [-0.3, -0.25) is 4.57 Å². The molecule has 256 valence electrons. The molecule has 12 nitrogen and oxygen atoms in total. The molecule has 13 heteroatoms. The summed E-state index contributed by atoms with van der Waals surface area (Å²) in [7, 11) is -0.557. The second-order valence-corrected chi connectivity index (χ2v) is 12.4. The van der Waals surface area contributed by atoms with Crippen molar-refractivity contribution >= 4 is 19.6 Å². The van der Waals surface area contributed by atoms with E-state index in [9.17, 15) is 9.36 Å². The van der Waals surface area contributed by atoms with E-state index in [0.29, 0.717) is 51.4 Å². The van der Waals surface area contributed by atoms with Gasteiger partial charge in [0.2, 0.25) is 11.8 Å². The van der Waals surface area contributed by atoms with Crippen molar-refractivity contribution in [2.45, 2.75) is 34.0 Å². The summed E-state index contributed by atoms with van der Waals surface area (Å²) in [6.45, 7) is 6.07. The number of oxazole rings is 1. The van der Waals surface area contributed by atoms with E-state index >= 15 is 0 Å². The van der Waals surface area contributed by atoms with Gasteiger partial charge in [-0.2, -0.15) is 0 Å². The van der Waals surface area contributed by atoms with Crippen molar-refractivity contribution in [1.29, 1.82) is 0 Å². The molecule has 0 saturated carbocycles. The van der Waals surface area contributed by atoms with Crippen LogP contribution in [-0.2, 0) is 31.6 Å². The maximum Gasteiger partial charge on any atom is 0.354 e. The third-order valence-electron chi connectivity index (χ3n) is 7.17.